The van der Waals surface area contributed by atoms with Gasteiger partial charge < -0.3 is 15.5 Å². The van der Waals surface area contributed by atoms with Crippen LogP contribution in [0.4, 0.5) is 11.4 Å². The number of rotatable bonds is 4. The SMILES string of the molecule is Cc1ccc(NC(=S)N[C@H](C)c2ccc(N3CCCC3)cc2)cc1C. The van der Waals surface area contributed by atoms with Crippen LogP contribution in [-0.2, 0) is 0 Å². The first-order chi connectivity index (χ1) is 12.0. The molecule has 2 aromatic rings. The van der Waals surface area contributed by atoms with Crippen LogP contribution in [0.25, 0.3) is 0 Å². The highest BCUT2D eigenvalue weighted by Gasteiger charge is 2.13. The fourth-order valence-corrected chi connectivity index (χ4v) is 3.51. The highest BCUT2D eigenvalue weighted by atomic mass is 32.1. The van der Waals surface area contributed by atoms with Gasteiger partial charge in [0.2, 0.25) is 0 Å². The van der Waals surface area contributed by atoms with Gasteiger partial charge in [-0.15, -0.1) is 0 Å². The number of nitrogens with one attached hydrogen (secondary N) is 2. The minimum atomic E-state index is 0.166. The molecule has 2 N–H and O–H groups in total. The lowest BCUT2D eigenvalue weighted by Crippen LogP contribution is -2.31. The fraction of sp³-hybridized carbons (Fsp3) is 0.381. The monoisotopic (exact) mass is 353 g/mol. The Balaban J connectivity index is 1.58. The average molecular weight is 354 g/mol. The van der Waals surface area contributed by atoms with E-state index in [0.29, 0.717) is 5.11 Å². The van der Waals surface area contributed by atoms with Gasteiger partial charge in [0.15, 0.2) is 5.11 Å². The van der Waals surface area contributed by atoms with Crippen molar-refractivity contribution < 1.29 is 0 Å². The fourth-order valence-electron chi connectivity index (χ4n) is 3.22. The molecule has 3 rings (SSSR count). The van der Waals surface area contributed by atoms with Gasteiger partial charge >= 0.3 is 0 Å². The molecule has 0 spiro atoms. The lowest BCUT2D eigenvalue weighted by Gasteiger charge is -2.20. The van der Waals surface area contributed by atoms with E-state index < -0.39 is 0 Å². The number of hydrogen-bond acceptors (Lipinski definition) is 2. The smallest absolute Gasteiger partial charge is 0.171 e. The van der Waals surface area contributed by atoms with E-state index in [1.54, 1.807) is 0 Å². The van der Waals surface area contributed by atoms with E-state index in [4.69, 9.17) is 12.2 Å². The molecule has 1 heterocycles. The molecule has 25 heavy (non-hydrogen) atoms. The molecule has 1 aliphatic rings. The lowest BCUT2D eigenvalue weighted by molar-refractivity contribution is 0.722. The van der Waals surface area contributed by atoms with Crippen molar-refractivity contribution in [2.45, 2.75) is 39.7 Å². The number of thiocarbonyl (C=S) groups is 1. The minimum absolute atomic E-state index is 0.166. The van der Waals surface area contributed by atoms with E-state index in [1.807, 2.05) is 0 Å². The van der Waals surface area contributed by atoms with E-state index in [-0.39, 0.29) is 6.04 Å². The van der Waals surface area contributed by atoms with Gasteiger partial charge in [0.05, 0.1) is 6.04 Å². The topological polar surface area (TPSA) is 27.3 Å². The van der Waals surface area contributed by atoms with Crippen LogP contribution < -0.4 is 15.5 Å². The Morgan fingerprint density at radius 2 is 1.68 bits per heavy atom. The van der Waals surface area contributed by atoms with Crippen LogP contribution >= 0.6 is 12.2 Å². The van der Waals surface area contributed by atoms with Gasteiger partial charge in [-0.1, -0.05) is 18.2 Å². The third kappa shape index (κ3) is 4.51. The van der Waals surface area contributed by atoms with E-state index in [1.165, 1.54) is 48.3 Å². The van der Waals surface area contributed by atoms with Crippen molar-refractivity contribution in [3.8, 4) is 0 Å². The molecule has 0 aromatic heterocycles. The molecule has 132 valence electrons. The van der Waals surface area contributed by atoms with Crippen molar-refractivity contribution in [3.63, 3.8) is 0 Å². The summed E-state index contributed by atoms with van der Waals surface area (Å²) in [5.74, 6) is 0. The maximum Gasteiger partial charge on any atom is 0.171 e. The van der Waals surface area contributed by atoms with Crippen LogP contribution in [0.2, 0.25) is 0 Å². The number of hydrogen-bond donors (Lipinski definition) is 2. The quantitative estimate of drug-likeness (QED) is 0.761. The Bertz CT molecular complexity index is 733. The normalized spacial score (nSPS) is 15.1. The van der Waals surface area contributed by atoms with Gasteiger partial charge in [-0.2, -0.15) is 0 Å². The van der Waals surface area contributed by atoms with Gasteiger partial charge in [0.25, 0.3) is 0 Å². The van der Waals surface area contributed by atoms with Crippen LogP contribution in [0.3, 0.4) is 0 Å². The maximum absolute atomic E-state index is 5.47. The van der Waals surface area contributed by atoms with Crippen molar-refractivity contribution in [2.75, 3.05) is 23.3 Å². The minimum Gasteiger partial charge on any atom is -0.372 e. The van der Waals surface area contributed by atoms with Crippen LogP contribution in [0, 0.1) is 13.8 Å². The molecule has 4 heteroatoms. The molecule has 0 bridgehead atoms. The van der Waals surface area contributed by atoms with Gasteiger partial charge in [0, 0.05) is 24.5 Å². The Labute approximate surface area is 156 Å². The lowest BCUT2D eigenvalue weighted by atomic mass is 10.1. The highest BCUT2D eigenvalue weighted by molar-refractivity contribution is 7.80. The zero-order valence-electron chi connectivity index (χ0n) is 15.3. The first-order valence-electron chi connectivity index (χ1n) is 9.02. The number of anilines is 2. The summed E-state index contributed by atoms with van der Waals surface area (Å²) in [5.41, 5.74) is 6.14. The molecule has 0 amide bonds. The molecule has 0 radical (unpaired) electrons. The van der Waals surface area contributed by atoms with Crippen LogP contribution in [0.15, 0.2) is 42.5 Å². The molecule has 1 saturated heterocycles. The first-order valence-corrected chi connectivity index (χ1v) is 9.43. The van der Waals surface area contributed by atoms with E-state index in [2.05, 4.69) is 78.8 Å². The van der Waals surface area contributed by atoms with E-state index in [0.717, 1.165) is 5.69 Å². The molecular formula is C21H27N3S. The Hall–Kier alpha value is -2.07. The molecule has 0 aliphatic carbocycles. The van der Waals surface area contributed by atoms with Gasteiger partial charge in [0.1, 0.15) is 0 Å². The average Bonchev–Trinajstić information content (AvgIpc) is 3.13. The van der Waals surface area contributed by atoms with Gasteiger partial charge in [-0.3, -0.25) is 0 Å². The molecular weight excluding hydrogens is 326 g/mol. The van der Waals surface area contributed by atoms with Crippen molar-refractivity contribution in [1.29, 1.82) is 0 Å². The van der Waals surface area contributed by atoms with Gasteiger partial charge in [-0.25, -0.2) is 0 Å². The Kier molecular flexibility index (Phi) is 5.59. The number of benzene rings is 2. The van der Waals surface area contributed by atoms with Crippen LogP contribution in [0.1, 0.15) is 42.5 Å². The summed E-state index contributed by atoms with van der Waals surface area (Å²) in [6.07, 6.45) is 2.61. The summed E-state index contributed by atoms with van der Waals surface area (Å²) in [5, 5.41) is 7.31. The zero-order valence-corrected chi connectivity index (χ0v) is 16.1. The van der Waals surface area contributed by atoms with E-state index >= 15 is 0 Å². The maximum atomic E-state index is 5.47. The molecule has 1 fully saturated rings. The second kappa shape index (κ2) is 7.87. The standard InChI is InChI=1S/C21H27N3S/c1-15-6-9-19(14-16(15)2)23-21(25)22-17(3)18-7-10-20(11-8-18)24-12-4-5-13-24/h6-11,14,17H,4-5,12-13H2,1-3H3,(H2,22,23,25)/t17-/m1/s1. The Morgan fingerprint density at radius 1 is 1.00 bits per heavy atom. The van der Waals surface area contributed by atoms with Crippen molar-refractivity contribution in [1.82, 2.24) is 5.32 Å². The van der Waals surface area contributed by atoms with Crippen molar-refractivity contribution in [2.24, 2.45) is 0 Å². The summed E-state index contributed by atoms with van der Waals surface area (Å²) in [6, 6.07) is 15.3. The predicted molar refractivity (Wildman–Crippen MR) is 112 cm³/mol. The summed E-state index contributed by atoms with van der Waals surface area (Å²) in [4.78, 5) is 2.45. The van der Waals surface area contributed by atoms with Gasteiger partial charge in [-0.05, 0) is 86.8 Å². The molecule has 1 atom stereocenters. The summed E-state index contributed by atoms with van der Waals surface area (Å²) >= 11 is 5.47. The Morgan fingerprint density at radius 3 is 2.32 bits per heavy atom. The molecule has 3 nitrogen and oxygen atoms in total. The van der Waals surface area contributed by atoms with E-state index in [9.17, 15) is 0 Å². The van der Waals surface area contributed by atoms with Crippen LogP contribution in [0.5, 0.6) is 0 Å². The van der Waals surface area contributed by atoms with Crippen LogP contribution in [-0.4, -0.2) is 18.2 Å². The summed E-state index contributed by atoms with van der Waals surface area (Å²) in [6.45, 7) is 8.72. The summed E-state index contributed by atoms with van der Waals surface area (Å²) < 4.78 is 0. The second-order valence-corrected chi connectivity index (χ2v) is 7.31. The largest absolute Gasteiger partial charge is 0.372 e. The highest BCUT2D eigenvalue weighted by Crippen LogP contribution is 2.23. The molecule has 0 saturated carbocycles. The number of aryl methyl sites for hydroxylation is 2. The molecule has 0 unspecified atom stereocenters. The second-order valence-electron chi connectivity index (χ2n) is 6.90. The van der Waals surface area contributed by atoms with Crippen molar-refractivity contribution >= 4 is 28.7 Å². The third-order valence-corrected chi connectivity index (χ3v) is 5.20. The summed E-state index contributed by atoms with van der Waals surface area (Å²) in [7, 11) is 0. The molecule has 2 aromatic carbocycles. The predicted octanol–water partition coefficient (Wildman–Crippen LogP) is 4.95. The number of nitrogens with zero attached hydrogens (tertiary/aromatic N) is 1. The molecule has 1 aliphatic heterocycles. The first kappa shape index (κ1) is 17.7. The zero-order chi connectivity index (χ0) is 17.8. The van der Waals surface area contributed by atoms with Crippen molar-refractivity contribution in [3.05, 3.63) is 59.2 Å². The third-order valence-electron chi connectivity index (χ3n) is 4.98.